The molecule has 2 atom stereocenters. The van der Waals surface area contributed by atoms with Crippen LogP contribution in [0.3, 0.4) is 0 Å². The van der Waals surface area contributed by atoms with Gasteiger partial charge in [0, 0.05) is 45.9 Å². The number of nitriles is 1. The van der Waals surface area contributed by atoms with E-state index in [1.165, 1.54) is 12.5 Å². The van der Waals surface area contributed by atoms with E-state index in [0.717, 1.165) is 22.3 Å². The largest absolute Gasteiger partial charge is 0.493 e. The quantitative estimate of drug-likeness (QED) is 0.240. The Balaban J connectivity index is 1.70. The summed E-state index contributed by atoms with van der Waals surface area (Å²) in [4.78, 5) is 19.1. The second-order valence-corrected chi connectivity index (χ2v) is 10.4. The molecule has 12 heteroatoms. The molecular weight excluding hydrogens is 554 g/mol. The Labute approximate surface area is 248 Å². The van der Waals surface area contributed by atoms with Gasteiger partial charge in [0.15, 0.2) is 5.65 Å². The molecule has 42 heavy (non-hydrogen) atoms. The molecular formula is C30H30ClN9O2. The van der Waals surface area contributed by atoms with Crippen molar-refractivity contribution in [3.05, 3.63) is 76.6 Å². The van der Waals surface area contributed by atoms with Gasteiger partial charge in [-0.15, -0.1) is 0 Å². The molecule has 0 aliphatic heterocycles. The van der Waals surface area contributed by atoms with Crippen LogP contribution in [-0.4, -0.2) is 60.4 Å². The number of hydrogen-bond donors (Lipinski definition) is 2. The molecule has 0 aliphatic rings. The maximum Gasteiger partial charge on any atom is 0.164 e. The number of hydrogen-bond acceptors (Lipinski definition) is 10. The third-order valence-electron chi connectivity index (χ3n) is 7.10. The topological polar surface area (TPSA) is 152 Å². The summed E-state index contributed by atoms with van der Waals surface area (Å²) < 4.78 is 8.04. The Hall–Kier alpha value is -4.63. The highest BCUT2D eigenvalue weighted by atomic mass is 35.5. The summed E-state index contributed by atoms with van der Waals surface area (Å²) >= 11 is 6.84. The number of nitrogen functional groups attached to an aromatic ring is 1. The first-order valence-electron chi connectivity index (χ1n) is 13.3. The average molecular weight is 584 g/mol. The highest BCUT2D eigenvalue weighted by molar-refractivity contribution is 6.32. The molecule has 0 saturated carbocycles. The van der Waals surface area contributed by atoms with Crippen molar-refractivity contribution in [3.63, 3.8) is 0 Å². The van der Waals surface area contributed by atoms with Crippen LogP contribution < -0.4 is 10.5 Å². The molecule has 0 radical (unpaired) electrons. The number of anilines is 1. The monoisotopic (exact) mass is 583 g/mol. The molecule has 0 amide bonds. The van der Waals surface area contributed by atoms with Crippen LogP contribution >= 0.6 is 11.6 Å². The molecule has 0 spiro atoms. The van der Waals surface area contributed by atoms with Gasteiger partial charge >= 0.3 is 0 Å². The van der Waals surface area contributed by atoms with Gasteiger partial charge in [-0.3, -0.25) is 14.9 Å². The van der Waals surface area contributed by atoms with E-state index in [9.17, 15) is 10.4 Å². The van der Waals surface area contributed by atoms with E-state index in [-0.39, 0.29) is 5.82 Å². The minimum atomic E-state index is -0.831. The summed E-state index contributed by atoms with van der Waals surface area (Å²) in [6.07, 6.45) is 5.38. The minimum absolute atomic E-state index is 0.259. The molecule has 0 fully saturated rings. The molecule has 1 aromatic carbocycles. The highest BCUT2D eigenvalue weighted by Gasteiger charge is 2.27. The summed E-state index contributed by atoms with van der Waals surface area (Å²) in [6.45, 7) is 6.23. The lowest BCUT2D eigenvalue weighted by molar-refractivity contribution is 0.0358. The molecule has 5 aromatic rings. The van der Waals surface area contributed by atoms with Crippen LogP contribution in [0, 0.1) is 18.3 Å². The van der Waals surface area contributed by atoms with Crippen LogP contribution in [0.5, 0.6) is 5.75 Å². The number of fused-ring (bicyclic) bond motifs is 1. The minimum Gasteiger partial charge on any atom is -0.493 e. The van der Waals surface area contributed by atoms with Crippen LogP contribution in [0.4, 0.5) is 5.82 Å². The lowest BCUT2D eigenvalue weighted by Gasteiger charge is -2.23. The summed E-state index contributed by atoms with van der Waals surface area (Å²) in [7, 11) is 3.56. The standard InChI is InChI=1S/C30H30ClN9O2/c1-6-42-27-21(10-22(31)16(2)24(27)19-7-8-23(35-14-19)30(41)39(4)5)17(3)40-29-25(28(33)36-15-37-29)26(38-40)20-9-18(11-32)12-34-13-20/h7-10,12-15,17,30,41H,6H2,1-5H3,(H2,33,36,37). The number of ether oxygens (including phenoxy) is 1. The van der Waals surface area contributed by atoms with Crippen molar-refractivity contribution < 1.29 is 9.84 Å². The number of rotatable bonds is 8. The Morgan fingerprint density at radius 3 is 2.60 bits per heavy atom. The first-order chi connectivity index (χ1) is 20.2. The van der Waals surface area contributed by atoms with E-state index in [0.29, 0.717) is 50.9 Å². The lowest BCUT2D eigenvalue weighted by atomic mass is 9.94. The molecule has 4 heterocycles. The van der Waals surface area contributed by atoms with Crippen LogP contribution in [0.1, 0.15) is 48.5 Å². The van der Waals surface area contributed by atoms with E-state index >= 15 is 0 Å². The average Bonchev–Trinajstić information content (AvgIpc) is 3.39. The molecule has 2 unspecified atom stereocenters. The molecule has 5 rings (SSSR count). The summed E-state index contributed by atoms with van der Waals surface area (Å²) in [5.74, 6) is 0.893. The maximum absolute atomic E-state index is 10.4. The summed E-state index contributed by atoms with van der Waals surface area (Å²) in [5, 5.41) is 25.9. The smallest absolute Gasteiger partial charge is 0.164 e. The fraction of sp³-hybridized carbons (Fsp3) is 0.267. The van der Waals surface area contributed by atoms with Gasteiger partial charge in [-0.05, 0) is 58.6 Å². The predicted molar refractivity (Wildman–Crippen MR) is 161 cm³/mol. The zero-order valence-electron chi connectivity index (χ0n) is 23.9. The fourth-order valence-corrected chi connectivity index (χ4v) is 5.11. The number of nitrogens with zero attached hydrogens (tertiary/aromatic N) is 8. The zero-order valence-corrected chi connectivity index (χ0v) is 24.6. The van der Waals surface area contributed by atoms with Gasteiger partial charge in [-0.2, -0.15) is 10.4 Å². The van der Waals surface area contributed by atoms with E-state index in [2.05, 4.69) is 26.0 Å². The van der Waals surface area contributed by atoms with E-state index in [1.807, 2.05) is 32.9 Å². The molecule has 214 valence electrons. The first-order valence-corrected chi connectivity index (χ1v) is 13.6. The second kappa shape index (κ2) is 11.7. The molecule has 0 aliphatic carbocycles. The van der Waals surface area contributed by atoms with Crippen molar-refractivity contribution in [1.82, 2.24) is 34.6 Å². The fourth-order valence-electron chi connectivity index (χ4n) is 4.90. The van der Waals surface area contributed by atoms with Crippen LogP contribution in [0.25, 0.3) is 33.4 Å². The van der Waals surface area contributed by atoms with Gasteiger partial charge in [-0.25, -0.2) is 14.6 Å². The maximum atomic E-state index is 10.4. The summed E-state index contributed by atoms with van der Waals surface area (Å²) in [5.41, 5.74) is 12.1. The van der Waals surface area contributed by atoms with Crippen LogP contribution in [0.2, 0.25) is 5.02 Å². The predicted octanol–water partition coefficient (Wildman–Crippen LogP) is 4.93. The summed E-state index contributed by atoms with van der Waals surface area (Å²) in [6, 6.07) is 8.96. The molecule has 11 nitrogen and oxygen atoms in total. The van der Waals surface area contributed by atoms with E-state index < -0.39 is 12.3 Å². The molecule has 0 bridgehead atoms. The number of pyridine rings is 2. The van der Waals surface area contributed by atoms with E-state index in [4.69, 9.17) is 27.2 Å². The van der Waals surface area contributed by atoms with Gasteiger partial charge < -0.3 is 15.6 Å². The van der Waals surface area contributed by atoms with Crippen molar-refractivity contribution in [3.8, 4) is 34.2 Å². The van der Waals surface area contributed by atoms with Gasteiger partial charge in [0.25, 0.3) is 0 Å². The zero-order chi connectivity index (χ0) is 30.1. The SMILES string of the molecule is CCOc1c(C(C)n2nc(-c3cncc(C#N)c3)c3c(N)ncnc32)cc(Cl)c(C)c1-c1ccc(C(O)N(C)C)nc1. The lowest BCUT2D eigenvalue weighted by Crippen LogP contribution is -2.20. The van der Waals surface area contributed by atoms with Crippen molar-refractivity contribution in [2.75, 3.05) is 26.4 Å². The number of nitrogens with two attached hydrogens (primary N) is 1. The number of aliphatic hydroxyl groups excluding tert-OH is 1. The van der Waals surface area contributed by atoms with E-state index in [1.54, 1.807) is 48.2 Å². The van der Waals surface area contributed by atoms with Crippen LogP contribution in [0.15, 0.2) is 49.2 Å². The molecule has 4 aromatic heterocycles. The third kappa shape index (κ3) is 5.12. The van der Waals surface area contributed by atoms with Crippen molar-refractivity contribution >= 4 is 28.5 Å². The number of benzene rings is 1. The first kappa shape index (κ1) is 28.9. The number of aliphatic hydroxyl groups is 1. The van der Waals surface area contributed by atoms with Gasteiger partial charge in [0.05, 0.1) is 29.3 Å². The Morgan fingerprint density at radius 2 is 1.93 bits per heavy atom. The number of aromatic nitrogens is 6. The number of halogens is 1. The normalized spacial score (nSPS) is 12.8. The van der Waals surface area contributed by atoms with Crippen molar-refractivity contribution in [2.45, 2.75) is 33.0 Å². The van der Waals surface area contributed by atoms with Crippen molar-refractivity contribution in [2.24, 2.45) is 0 Å². The van der Waals surface area contributed by atoms with Gasteiger partial charge in [0.2, 0.25) is 0 Å². The highest BCUT2D eigenvalue weighted by Crippen LogP contribution is 2.44. The molecule has 0 saturated heterocycles. The molecule has 3 N–H and O–H groups in total. The van der Waals surface area contributed by atoms with Crippen LogP contribution in [-0.2, 0) is 0 Å². The Kier molecular flexibility index (Phi) is 8.04. The van der Waals surface area contributed by atoms with Gasteiger partial charge in [0.1, 0.15) is 35.9 Å². The Morgan fingerprint density at radius 1 is 1.14 bits per heavy atom. The Bertz CT molecular complexity index is 1810. The van der Waals surface area contributed by atoms with Gasteiger partial charge in [-0.1, -0.05) is 17.7 Å². The van der Waals surface area contributed by atoms with Crippen molar-refractivity contribution in [1.29, 1.82) is 5.26 Å². The third-order valence-corrected chi connectivity index (χ3v) is 7.49. The second-order valence-electron chi connectivity index (χ2n) is 10.0.